The van der Waals surface area contributed by atoms with Crippen LogP contribution in [-0.2, 0) is 17.9 Å². The summed E-state index contributed by atoms with van der Waals surface area (Å²) in [4.78, 5) is 15.2. The Balaban J connectivity index is 1.47. The zero-order valence-electron chi connectivity index (χ0n) is 18.4. The fourth-order valence-electron chi connectivity index (χ4n) is 4.20. The zero-order valence-corrected chi connectivity index (χ0v) is 18.4. The summed E-state index contributed by atoms with van der Waals surface area (Å²) in [5.74, 6) is 1.33. The number of carbonyl (C=O) groups is 1. The zero-order chi connectivity index (χ0) is 21.3. The number of nitrogens with one attached hydrogen (secondary N) is 1. The molecule has 2 atom stereocenters. The number of carbonyl (C=O) groups excluding carboxylic acids is 1. The Hall–Kier alpha value is -2.37. The molecular formula is C25H34N2O3. The van der Waals surface area contributed by atoms with Crippen molar-refractivity contribution in [3.8, 4) is 5.75 Å². The van der Waals surface area contributed by atoms with E-state index < -0.39 is 0 Å². The van der Waals surface area contributed by atoms with Gasteiger partial charge in [0.2, 0.25) is 0 Å². The van der Waals surface area contributed by atoms with Crippen LogP contribution in [0.1, 0.15) is 48.2 Å². The number of hydrogen-bond donors (Lipinski definition) is 1. The third-order valence-corrected chi connectivity index (χ3v) is 5.86. The maximum absolute atomic E-state index is 12.6. The molecule has 0 bridgehead atoms. The van der Waals surface area contributed by atoms with Gasteiger partial charge in [0.05, 0.1) is 13.7 Å². The van der Waals surface area contributed by atoms with Crippen LogP contribution in [-0.4, -0.2) is 43.7 Å². The van der Waals surface area contributed by atoms with Crippen molar-refractivity contribution in [1.29, 1.82) is 0 Å². The smallest absolute Gasteiger partial charge is 0.251 e. The Morgan fingerprint density at radius 2 is 2.00 bits per heavy atom. The van der Waals surface area contributed by atoms with Gasteiger partial charge in [-0.15, -0.1) is 0 Å². The molecule has 0 unspecified atom stereocenters. The lowest BCUT2D eigenvalue weighted by molar-refractivity contribution is 0.0950. The molecule has 0 saturated carbocycles. The summed E-state index contributed by atoms with van der Waals surface area (Å²) >= 11 is 0. The van der Waals surface area contributed by atoms with E-state index in [9.17, 15) is 4.79 Å². The van der Waals surface area contributed by atoms with Crippen molar-refractivity contribution < 1.29 is 14.3 Å². The van der Waals surface area contributed by atoms with Crippen LogP contribution in [0.5, 0.6) is 5.75 Å². The highest BCUT2D eigenvalue weighted by atomic mass is 16.5. The number of benzene rings is 2. The Morgan fingerprint density at radius 3 is 2.73 bits per heavy atom. The number of methoxy groups -OCH3 is 1. The first-order valence-corrected chi connectivity index (χ1v) is 10.9. The summed E-state index contributed by atoms with van der Waals surface area (Å²) in [7, 11) is 1.63. The Bertz CT molecular complexity index is 809. The van der Waals surface area contributed by atoms with Crippen molar-refractivity contribution >= 4 is 5.91 Å². The van der Waals surface area contributed by atoms with E-state index in [4.69, 9.17) is 9.47 Å². The molecule has 0 aromatic heterocycles. The molecule has 5 nitrogen and oxygen atoms in total. The highest BCUT2D eigenvalue weighted by molar-refractivity contribution is 5.94. The van der Waals surface area contributed by atoms with Gasteiger partial charge in [0.15, 0.2) is 0 Å². The minimum absolute atomic E-state index is 0.0393. The quantitative estimate of drug-likeness (QED) is 0.636. The van der Waals surface area contributed by atoms with Crippen LogP contribution in [0.4, 0.5) is 0 Å². The molecule has 1 N–H and O–H groups in total. The first kappa shape index (κ1) is 22.3. The van der Waals surface area contributed by atoms with Gasteiger partial charge in [-0.2, -0.15) is 0 Å². The molecule has 2 aromatic carbocycles. The van der Waals surface area contributed by atoms with E-state index in [2.05, 4.69) is 47.5 Å². The molecule has 5 heteroatoms. The number of rotatable bonds is 10. The predicted molar refractivity (Wildman–Crippen MR) is 120 cm³/mol. The lowest BCUT2D eigenvalue weighted by atomic mass is 10.0. The molecule has 1 amide bonds. The SMILES string of the molecule is CCOCc1cc(C(=O)NCC[C@@H]2C[C@H](C)N(Cc3ccccc3)C2)ccc1OC. The minimum Gasteiger partial charge on any atom is -0.496 e. The molecular weight excluding hydrogens is 376 g/mol. The normalized spacial score (nSPS) is 19.0. The summed E-state index contributed by atoms with van der Waals surface area (Å²) in [6.45, 7) is 8.11. The molecule has 0 radical (unpaired) electrons. The summed E-state index contributed by atoms with van der Waals surface area (Å²) in [5.41, 5.74) is 2.91. The average molecular weight is 411 g/mol. The van der Waals surface area contributed by atoms with Crippen LogP contribution in [0.25, 0.3) is 0 Å². The van der Waals surface area contributed by atoms with Gasteiger partial charge in [0.25, 0.3) is 5.91 Å². The van der Waals surface area contributed by atoms with E-state index in [0.717, 1.165) is 30.8 Å². The van der Waals surface area contributed by atoms with Crippen LogP contribution >= 0.6 is 0 Å². The highest BCUT2D eigenvalue weighted by Crippen LogP contribution is 2.27. The molecule has 1 heterocycles. The fraction of sp³-hybridized carbons (Fsp3) is 0.480. The van der Waals surface area contributed by atoms with E-state index in [1.165, 1.54) is 12.0 Å². The maximum atomic E-state index is 12.6. The van der Waals surface area contributed by atoms with Gasteiger partial charge >= 0.3 is 0 Å². The Labute approximate surface area is 180 Å². The maximum Gasteiger partial charge on any atom is 0.251 e. The van der Waals surface area contributed by atoms with Crippen molar-refractivity contribution in [1.82, 2.24) is 10.2 Å². The first-order valence-electron chi connectivity index (χ1n) is 10.9. The van der Waals surface area contributed by atoms with Crippen molar-refractivity contribution in [2.75, 3.05) is 26.8 Å². The summed E-state index contributed by atoms with van der Waals surface area (Å²) < 4.78 is 10.9. The number of amides is 1. The van der Waals surface area contributed by atoms with Gasteiger partial charge in [-0.25, -0.2) is 0 Å². The summed E-state index contributed by atoms with van der Waals surface area (Å²) in [5, 5.41) is 3.09. The van der Waals surface area contributed by atoms with Gasteiger partial charge in [-0.1, -0.05) is 30.3 Å². The molecule has 1 aliphatic rings. The van der Waals surface area contributed by atoms with Crippen LogP contribution in [0.15, 0.2) is 48.5 Å². The minimum atomic E-state index is -0.0393. The first-order chi connectivity index (χ1) is 14.6. The molecule has 1 aliphatic heterocycles. The van der Waals surface area contributed by atoms with E-state index in [-0.39, 0.29) is 5.91 Å². The van der Waals surface area contributed by atoms with Gasteiger partial charge in [-0.05, 0) is 56.4 Å². The van der Waals surface area contributed by atoms with E-state index >= 15 is 0 Å². The van der Waals surface area contributed by atoms with Crippen molar-refractivity contribution in [3.63, 3.8) is 0 Å². The Morgan fingerprint density at radius 1 is 1.20 bits per heavy atom. The molecule has 2 aromatic rings. The van der Waals surface area contributed by atoms with Gasteiger partial charge in [0, 0.05) is 43.4 Å². The van der Waals surface area contributed by atoms with Gasteiger partial charge in [0.1, 0.15) is 5.75 Å². The topological polar surface area (TPSA) is 50.8 Å². The second-order valence-electron chi connectivity index (χ2n) is 8.07. The monoisotopic (exact) mass is 410 g/mol. The second-order valence-corrected chi connectivity index (χ2v) is 8.07. The lowest BCUT2D eigenvalue weighted by Crippen LogP contribution is -2.28. The average Bonchev–Trinajstić information content (AvgIpc) is 3.11. The third-order valence-electron chi connectivity index (χ3n) is 5.86. The number of ether oxygens (including phenoxy) is 2. The van der Waals surface area contributed by atoms with Crippen LogP contribution < -0.4 is 10.1 Å². The molecule has 3 rings (SSSR count). The van der Waals surface area contributed by atoms with Crippen LogP contribution in [0.3, 0.4) is 0 Å². The molecule has 30 heavy (non-hydrogen) atoms. The largest absolute Gasteiger partial charge is 0.496 e. The predicted octanol–water partition coefficient (Wildman–Crippen LogP) is 4.26. The van der Waals surface area contributed by atoms with Crippen molar-refractivity contribution in [3.05, 3.63) is 65.2 Å². The number of hydrogen-bond acceptors (Lipinski definition) is 4. The molecule has 1 saturated heterocycles. The molecule has 1 fully saturated rings. The van der Waals surface area contributed by atoms with E-state index in [1.807, 2.05) is 25.1 Å². The molecule has 0 spiro atoms. The van der Waals surface area contributed by atoms with Gasteiger partial charge < -0.3 is 14.8 Å². The van der Waals surface area contributed by atoms with E-state index in [0.29, 0.717) is 37.3 Å². The summed E-state index contributed by atoms with van der Waals surface area (Å²) in [6, 6.07) is 16.7. The second kappa shape index (κ2) is 11.1. The molecule has 162 valence electrons. The summed E-state index contributed by atoms with van der Waals surface area (Å²) in [6.07, 6.45) is 2.19. The van der Waals surface area contributed by atoms with Gasteiger partial charge in [-0.3, -0.25) is 9.69 Å². The standard InChI is InChI=1S/C25H34N2O3/c1-4-30-18-23-15-22(10-11-24(23)29-3)25(28)26-13-12-21-14-19(2)27(17-21)16-20-8-6-5-7-9-20/h5-11,15,19,21H,4,12-14,16-18H2,1-3H3,(H,26,28)/t19-,21+/m0/s1. The lowest BCUT2D eigenvalue weighted by Gasteiger charge is -2.21. The fourth-order valence-corrected chi connectivity index (χ4v) is 4.20. The van der Waals surface area contributed by atoms with Crippen LogP contribution in [0.2, 0.25) is 0 Å². The number of likely N-dealkylation sites (tertiary alicyclic amines) is 1. The molecule has 0 aliphatic carbocycles. The number of nitrogens with zero attached hydrogens (tertiary/aromatic N) is 1. The van der Waals surface area contributed by atoms with Crippen molar-refractivity contribution in [2.24, 2.45) is 5.92 Å². The highest BCUT2D eigenvalue weighted by Gasteiger charge is 2.28. The van der Waals surface area contributed by atoms with Crippen molar-refractivity contribution in [2.45, 2.75) is 45.9 Å². The van der Waals surface area contributed by atoms with E-state index in [1.54, 1.807) is 7.11 Å². The Kier molecular flexibility index (Phi) is 8.29. The third kappa shape index (κ3) is 6.07. The van der Waals surface area contributed by atoms with Crippen LogP contribution in [0, 0.1) is 5.92 Å².